The van der Waals surface area contributed by atoms with Crippen molar-refractivity contribution in [3.05, 3.63) is 75.8 Å². The Morgan fingerprint density at radius 2 is 1.74 bits per heavy atom. The summed E-state index contributed by atoms with van der Waals surface area (Å²) in [5.74, 6) is -2.45. The summed E-state index contributed by atoms with van der Waals surface area (Å²) < 4.78 is 10.2. The van der Waals surface area contributed by atoms with E-state index < -0.39 is 23.8 Å². The Morgan fingerprint density at radius 1 is 1.03 bits per heavy atom. The minimum absolute atomic E-state index is 0.318. The number of anilines is 2. The summed E-state index contributed by atoms with van der Waals surface area (Å²) in [6.07, 6.45) is 0. The molecule has 0 radical (unpaired) electrons. The predicted octanol–water partition coefficient (Wildman–Crippen LogP) is 6.00. The number of nitrogens with one attached hydrogen (secondary N) is 1. The number of ether oxygens (including phenoxy) is 2. The molecule has 1 aromatic heterocycles. The first-order valence-corrected chi connectivity index (χ1v) is 12.1. The van der Waals surface area contributed by atoms with Crippen LogP contribution in [0.4, 0.5) is 10.8 Å². The Kier molecular flexibility index (Phi) is 7.33. The van der Waals surface area contributed by atoms with Gasteiger partial charge in [-0.3, -0.25) is 9.79 Å². The minimum atomic E-state index is -0.782. The molecular formula is C26H24ClN3O4S. The van der Waals surface area contributed by atoms with Crippen LogP contribution in [0, 0.1) is 5.92 Å². The van der Waals surface area contributed by atoms with Crippen LogP contribution in [0.25, 0.3) is 11.3 Å². The van der Waals surface area contributed by atoms with Crippen LogP contribution in [0.15, 0.2) is 70.2 Å². The average molecular weight is 510 g/mol. The summed E-state index contributed by atoms with van der Waals surface area (Å²) in [4.78, 5) is 34.9. The molecule has 4 rings (SSSR count). The van der Waals surface area contributed by atoms with Gasteiger partial charge < -0.3 is 14.8 Å². The number of methoxy groups -OCH3 is 2. The molecule has 0 aliphatic carbocycles. The fourth-order valence-corrected chi connectivity index (χ4v) is 5.26. The number of benzene rings is 2. The Bertz CT molecular complexity index is 1350. The number of hydrogen-bond donors (Lipinski definition) is 1. The number of allylic oxidation sites excluding steroid dienone is 1. The van der Waals surface area contributed by atoms with Crippen LogP contribution >= 0.6 is 22.9 Å². The smallest absolute Gasteiger partial charge is 0.336 e. The third-order valence-electron chi connectivity index (χ3n) is 5.88. The number of para-hydroxylation sites is 1. The van der Waals surface area contributed by atoms with Crippen LogP contribution in [0.2, 0.25) is 5.02 Å². The number of aliphatic imine (C=N–C) groups is 1. The lowest BCUT2D eigenvalue weighted by atomic mass is 9.75. The molecule has 2 aromatic carbocycles. The van der Waals surface area contributed by atoms with Gasteiger partial charge in [-0.1, -0.05) is 48.0 Å². The third-order valence-corrected chi connectivity index (χ3v) is 6.97. The van der Waals surface area contributed by atoms with Crippen molar-refractivity contribution in [3.8, 4) is 11.3 Å². The Balaban J connectivity index is 1.78. The standard InChI is InChI=1S/C26H24ClN3O4S/c1-14-21(24(31)33-3)23(22(15(2)28-14)25(32)34-4)17-10-6-8-12-19(17)29-26-30-20(13-35-26)16-9-5-7-11-18(16)27/h5-13,21,23H,1-4H3,(H,29,30). The summed E-state index contributed by atoms with van der Waals surface area (Å²) in [5, 5.41) is 6.54. The van der Waals surface area contributed by atoms with Crippen LogP contribution in [-0.2, 0) is 19.1 Å². The molecule has 1 aliphatic heterocycles. The van der Waals surface area contributed by atoms with Gasteiger partial charge >= 0.3 is 11.9 Å². The van der Waals surface area contributed by atoms with Gasteiger partial charge in [0.1, 0.15) is 5.92 Å². The van der Waals surface area contributed by atoms with Gasteiger partial charge in [-0.2, -0.15) is 0 Å². The first-order valence-electron chi connectivity index (χ1n) is 10.8. The van der Waals surface area contributed by atoms with E-state index >= 15 is 0 Å². The van der Waals surface area contributed by atoms with Crippen molar-refractivity contribution in [1.82, 2.24) is 4.98 Å². The fourth-order valence-electron chi connectivity index (χ4n) is 4.30. The molecule has 3 aromatic rings. The molecule has 1 aliphatic rings. The highest BCUT2D eigenvalue weighted by molar-refractivity contribution is 7.14. The van der Waals surface area contributed by atoms with Crippen molar-refractivity contribution in [2.24, 2.45) is 10.9 Å². The lowest BCUT2D eigenvalue weighted by molar-refractivity contribution is -0.143. The molecule has 1 N–H and O–H groups in total. The van der Waals surface area contributed by atoms with Crippen LogP contribution in [0.1, 0.15) is 25.3 Å². The van der Waals surface area contributed by atoms with E-state index in [2.05, 4.69) is 10.3 Å². The van der Waals surface area contributed by atoms with Gasteiger partial charge in [-0.05, 0) is 31.5 Å². The average Bonchev–Trinajstić information content (AvgIpc) is 3.31. The summed E-state index contributed by atoms with van der Waals surface area (Å²) in [6, 6.07) is 15.0. The summed E-state index contributed by atoms with van der Waals surface area (Å²) in [6.45, 7) is 3.50. The van der Waals surface area contributed by atoms with Gasteiger partial charge in [0.05, 0.1) is 25.5 Å². The first kappa shape index (κ1) is 24.6. The second-order valence-corrected chi connectivity index (χ2v) is 9.22. The highest BCUT2D eigenvalue weighted by atomic mass is 35.5. The van der Waals surface area contributed by atoms with E-state index in [4.69, 9.17) is 26.1 Å². The molecule has 2 atom stereocenters. The van der Waals surface area contributed by atoms with Crippen LogP contribution in [-0.4, -0.2) is 36.9 Å². The Hall–Kier alpha value is -3.49. The fraction of sp³-hybridized carbons (Fsp3) is 0.231. The van der Waals surface area contributed by atoms with Gasteiger partial charge in [-0.25, -0.2) is 9.78 Å². The van der Waals surface area contributed by atoms with Crippen molar-refractivity contribution >= 4 is 51.4 Å². The van der Waals surface area contributed by atoms with Crippen molar-refractivity contribution in [1.29, 1.82) is 0 Å². The molecule has 35 heavy (non-hydrogen) atoms. The second-order valence-electron chi connectivity index (χ2n) is 7.95. The van der Waals surface area contributed by atoms with Gasteiger partial charge in [0.15, 0.2) is 5.13 Å². The molecule has 2 unspecified atom stereocenters. The van der Waals surface area contributed by atoms with Crippen LogP contribution in [0.5, 0.6) is 0 Å². The van der Waals surface area contributed by atoms with Gasteiger partial charge in [-0.15, -0.1) is 11.3 Å². The van der Waals surface area contributed by atoms with Crippen molar-refractivity contribution in [2.45, 2.75) is 19.8 Å². The molecule has 0 saturated carbocycles. The predicted molar refractivity (Wildman–Crippen MR) is 138 cm³/mol. The third kappa shape index (κ3) is 4.85. The number of nitrogens with zero attached hydrogens (tertiary/aromatic N) is 2. The monoisotopic (exact) mass is 509 g/mol. The highest BCUT2D eigenvalue weighted by Gasteiger charge is 2.43. The number of aromatic nitrogens is 1. The minimum Gasteiger partial charge on any atom is -0.468 e. The van der Waals surface area contributed by atoms with E-state index in [1.54, 1.807) is 13.8 Å². The Labute approximate surface area is 212 Å². The SMILES string of the molecule is COC(=O)C1=C(C)N=C(C)C(C(=O)OC)C1c1ccccc1Nc1nc(-c2ccccc2Cl)cs1. The van der Waals surface area contributed by atoms with Gasteiger partial charge in [0.2, 0.25) is 0 Å². The molecule has 0 bridgehead atoms. The lowest BCUT2D eigenvalue weighted by Gasteiger charge is -2.32. The summed E-state index contributed by atoms with van der Waals surface area (Å²) in [7, 11) is 2.64. The number of carbonyl (C=O) groups is 2. The second kappa shape index (κ2) is 10.4. The topological polar surface area (TPSA) is 89.9 Å². The van der Waals surface area contributed by atoms with Gasteiger partial charge in [0, 0.05) is 39.0 Å². The molecule has 0 saturated heterocycles. The Morgan fingerprint density at radius 3 is 2.46 bits per heavy atom. The molecular weight excluding hydrogens is 486 g/mol. The largest absolute Gasteiger partial charge is 0.468 e. The number of carbonyl (C=O) groups excluding carboxylic acids is 2. The number of rotatable bonds is 6. The van der Waals surface area contributed by atoms with E-state index in [-0.39, 0.29) is 0 Å². The van der Waals surface area contributed by atoms with Crippen molar-refractivity contribution in [2.75, 3.05) is 19.5 Å². The lowest BCUT2D eigenvalue weighted by Crippen LogP contribution is -2.36. The van der Waals surface area contributed by atoms with E-state index in [9.17, 15) is 9.59 Å². The normalized spacial score (nSPS) is 17.6. The summed E-state index contributed by atoms with van der Waals surface area (Å²) in [5.41, 5.74) is 4.41. The van der Waals surface area contributed by atoms with E-state index in [1.807, 2.05) is 53.9 Å². The maximum Gasteiger partial charge on any atom is 0.336 e. The zero-order valence-electron chi connectivity index (χ0n) is 19.7. The molecule has 2 heterocycles. The van der Waals surface area contributed by atoms with E-state index in [0.29, 0.717) is 32.8 Å². The number of hydrogen-bond acceptors (Lipinski definition) is 8. The quantitative estimate of drug-likeness (QED) is 0.410. The van der Waals surface area contributed by atoms with Crippen LogP contribution < -0.4 is 5.32 Å². The number of thiazole rings is 1. The molecule has 180 valence electrons. The summed E-state index contributed by atoms with van der Waals surface area (Å²) >= 11 is 7.77. The van der Waals surface area contributed by atoms with E-state index in [1.165, 1.54) is 25.6 Å². The molecule has 7 nitrogen and oxygen atoms in total. The zero-order chi connectivity index (χ0) is 25.1. The molecule has 9 heteroatoms. The first-order chi connectivity index (χ1) is 16.8. The van der Waals surface area contributed by atoms with Gasteiger partial charge in [0.25, 0.3) is 0 Å². The number of halogens is 1. The molecule has 0 fully saturated rings. The van der Waals surface area contributed by atoms with Crippen molar-refractivity contribution in [3.63, 3.8) is 0 Å². The molecule has 0 amide bonds. The van der Waals surface area contributed by atoms with Crippen molar-refractivity contribution < 1.29 is 19.1 Å². The maximum atomic E-state index is 12.9. The number of esters is 2. The van der Waals surface area contributed by atoms with E-state index in [0.717, 1.165) is 16.8 Å². The van der Waals surface area contributed by atoms with Crippen LogP contribution in [0.3, 0.4) is 0 Å². The molecule has 0 spiro atoms. The highest BCUT2D eigenvalue weighted by Crippen LogP contribution is 2.43. The maximum absolute atomic E-state index is 12.9. The zero-order valence-corrected chi connectivity index (χ0v) is 21.2.